The summed E-state index contributed by atoms with van der Waals surface area (Å²) in [6, 6.07) is 6.68. The number of benzene rings is 1. The van der Waals surface area contributed by atoms with Crippen LogP contribution in [0.5, 0.6) is 0 Å². The molecule has 14 heavy (non-hydrogen) atoms. The molecule has 0 atom stereocenters. The predicted octanol–water partition coefficient (Wildman–Crippen LogP) is 1.89. The number of hydrogen-bond acceptors (Lipinski definition) is 3. The Morgan fingerprint density at radius 3 is 2.93 bits per heavy atom. The molecule has 0 aromatic heterocycles. The molecule has 74 valence electrons. The Bertz CT molecular complexity index is 346. The Morgan fingerprint density at radius 2 is 2.29 bits per heavy atom. The fourth-order valence-corrected chi connectivity index (χ4v) is 1.80. The van der Waals surface area contributed by atoms with Gasteiger partial charge in [-0.15, -0.1) is 0 Å². The van der Waals surface area contributed by atoms with Crippen molar-refractivity contribution in [2.24, 2.45) is 5.73 Å². The van der Waals surface area contributed by atoms with Crippen molar-refractivity contribution in [3.63, 3.8) is 0 Å². The van der Waals surface area contributed by atoms with Crippen molar-refractivity contribution in [1.82, 2.24) is 0 Å². The number of hydrogen-bond donors (Lipinski definition) is 1. The van der Waals surface area contributed by atoms with E-state index in [0.717, 1.165) is 5.75 Å². The van der Waals surface area contributed by atoms with Crippen molar-refractivity contribution in [3.05, 3.63) is 35.1 Å². The molecule has 0 saturated carbocycles. The molecule has 1 rings (SSSR count). The second-order valence-electron chi connectivity index (χ2n) is 2.73. The molecule has 2 N–H and O–H groups in total. The van der Waals surface area contributed by atoms with E-state index >= 15 is 0 Å². The molecule has 0 aliphatic heterocycles. The van der Waals surface area contributed by atoms with Gasteiger partial charge >= 0.3 is 0 Å². The Labute approximate surface area is 86.9 Å². The molecule has 0 amide bonds. The maximum absolute atomic E-state index is 13.4. The molecule has 0 unspecified atom stereocenters. The van der Waals surface area contributed by atoms with Gasteiger partial charge in [0.15, 0.2) is 0 Å². The Kier molecular flexibility index (Phi) is 4.44. The lowest BCUT2D eigenvalue weighted by molar-refractivity contribution is 0.613. The van der Waals surface area contributed by atoms with Crippen LogP contribution in [0.1, 0.15) is 11.1 Å². The van der Waals surface area contributed by atoms with E-state index in [1.165, 1.54) is 6.07 Å². The number of nitrogens with two attached hydrogens (primary N) is 1. The summed E-state index contributed by atoms with van der Waals surface area (Å²) in [4.78, 5) is 0. The standard InChI is InChI=1S/C10H11FN2S/c11-10-8(6-13)2-1-3-9(10)7-14-5-4-12/h1-3H,4-5,7,12H2. The molecule has 0 spiro atoms. The van der Waals surface area contributed by atoms with Crippen molar-refractivity contribution < 1.29 is 4.39 Å². The van der Waals surface area contributed by atoms with Crippen molar-refractivity contribution in [3.8, 4) is 6.07 Å². The molecule has 1 aromatic carbocycles. The highest BCUT2D eigenvalue weighted by atomic mass is 32.2. The van der Waals surface area contributed by atoms with Crippen molar-refractivity contribution in [2.75, 3.05) is 12.3 Å². The first kappa shape index (κ1) is 11.0. The zero-order chi connectivity index (χ0) is 10.4. The molecule has 2 nitrogen and oxygen atoms in total. The Hall–Kier alpha value is -1.05. The van der Waals surface area contributed by atoms with Crippen LogP contribution in [0.4, 0.5) is 4.39 Å². The van der Waals surface area contributed by atoms with Crippen LogP contribution in [-0.4, -0.2) is 12.3 Å². The summed E-state index contributed by atoms with van der Waals surface area (Å²) >= 11 is 1.57. The van der Waals surface area contributed by atoms with E-state index in [9.17, 15) is 4.39 Å². The van der Waals surface area contributed by atoms with E-state index in [1.54, 1.807) is 23.9 Å². The van der Waals surface area contributed by atoms with Crippen molar-refractivity contribution in [1.29, 1.82) is 5.26 Å². The zero-order valence-corrected chi connectivity index (χ0v) is 8.48. The SMILES string of the molecule is N#Cc1cccc(CSCCN)c1F. The lowest BCUT2D eigenvalue weighted by atomic mass is 10.1. The van der Waals surface area contributed by atoms with Gasteiger partial charge in [0.25, 0.3) is 0 Å². The molecule has 1 aromatic rings. The van der Waals surface area contributed by atoms with Crippen LogP contribution < -0.4 is 5.73 Å². The first-order valence-electron chi connectivity index (χ1n) is 4.25. The van der Waals surface area contributed by atoms with Gasteiger partial charge in [-0.25, -0.2) is 4.39 Å². The molecular formula is C10H11FN2S. The van der Waals surface area contributed by atoms with Gasteiger partial charge in [-0.2, -0.15) is 17.0 Å². The van der Waals surface area contributed by atoms with E-state index in [0.29, 0.717) is 17.9 Å². The molecule has 0 bridgehead atoms. The summed E-state index contributed by atoms with van der Waals surface area (Å²) in [7, 11) is 0. The Morgan fingerprint density at radius 1 is 1.50 bits per heavy atom. The molecule has 0 heterocycles. The molecule has 0 radical (unpaired) electrons. The lowest BCUT2D eigenvalue weighted by Crippen LogP contribution is -2.02. The maximum atomic E-state index is 13.4. The van der Waals surface area contributed by atoms with Crippen molar-refractivity contribution in [2.45, 2.75) is 5.75 Å². The molecule has 0 saturated heterocycles. The van der Waals surface area contributed by atoms with E-state index in [-0.39, 0.29) is 5.56 Å². The van der Waals surface area contributed by atoms with Gasteiger partial charge in [-0.3, -0.25) is 0 Å². The average Bonchev–Trinajstić information content (AvgIpc) is 2.21. The second kappa shape index (κ2) is 5.63. The minimum Gasteiger partial charge on any atom is -0.330 e. The summed E-state index contributed by atoms with van der Waals surface area (Å²) in [6.07, 6.45) is 0. The third-order valence-electron chi connectivity index (χ3n) is 1.72. The van der Waals surface area contributed by atoms with Gasteiger partial charge in [0, 0.05) is 18.1 Å². The van der Waals surface area contributed by atoms with Crippen LogP contribution in [0.15, 0.2) is 18.2 Å². The fourth-order valence-electron chi connectivity index (χ4n) is 1.04. The maximum Gasteiger partial charge on any atom is 0.144 e. The second-order valence-corrected chi connectivity index (χ2v) is 3.84. The summed E-state index contributed by atoms with van der Waals surface area (Å²) in [5.74, 6) is 0.967. The number of halogens is 1. The van der Waals surface area contributed by atoms with Crippen LogP contribution in [0.25, 0.3) is 0 Å². The van der Waals surface area contributed by atoms with Gasteiger partial charge in [0.2, 0.25) is 0 Å². The molecule has 0 aliphatic rings. The number of nitriles is 1. The third kappa shape index (κ3) is 2.72. The highest BCUT2D eigenvalue weighted by molar-refractivity contribution is 7.98. The summed E-state index contributed by atoms with van der Waals surface area (Å²) in [5, 5.41) is 8.60. The van der Waals surface area contributed by atoms with Gasteiger partial charge < -0.3 is 5.73 Å². The van der Waals surface area contributed by atoms with Crippen molar-refractivity contribution >= 4 is 11.8 Å². The van der Waals surface area contributed by atoms with E-state index in [4.69, 9.17) is 11.0 Å². The predicted molar refractivity (Wildman–Crippen MR) is 56.3 cm³/mol. The number of thioether (sulfide) groups is 1. The topological polar surface area (TPSA) is 49.8 Å². The van der Waals surface area contributed by atoms with E-state index in [1.807, 2.05) is 6.07 Å². The quantitative estimate of drug-likeness (QED) is 0.772. The molecule has 0 aliphatic carbocycles. The third-order valence-corrected chi connectivity index (χ3v) is 2.76. The molecule has 4 heteroatoms. The largest absolute Gasteiger partial charge is 0.330 e. The molecule has 0 fully saturated rings. The minimum absolute atomic E-state index is 0.107. The van der Waals surface area contributed by atoms with Gasteiger partial charge in [0.05, 0.1) is 5.56 Å². The monoisotopic (exact) mass is 210 g/mol. The highest BCUT2D eigenvalue weighted by Crippen LogP contribution is 2.17. The summed E-state index contributed by atoms with van der Waals surface area (Å²) in [5.41, 5.74) is 6.00. The summed E-state index contributed by atoms with van der Waals surface area (Å²) in [6.45, 7) is 0.588. The van der Waals surface area contributed by atoms with E-state index < -0.39 is 5.82 Å². The number of nitrogens with zero attached hydrogens (tertiary/aromatic N) is 1. The smallest absolute Gasteiger partial charge is 0.144 e. The highest BCUT2D eigenvalue weighted by Gasteiger charge is 2.06. The minimum atomic E-state index is -0.403. The fraction of sp³-hybridized carbons (Fsp3) is 0.300. The normalized spacial score (nSPS) is 9.79. The first-order valence-corrected chi connectivity index (χ1v) is 5.40. The lowest BCUT2D eigenvalue weighted by Gasteiger charge is -2.03. The van der Waals surface area contributed by atoms with E-state index in [2.05, 4.69) is 0 Å². The summed E-state index contributed by atoms with van der Waals surface area (Å²) < 4.78 is 13.4. The van der Waals surface area contributed by atoms with Gasteiger partial charge in [-0.05, 0) is 11.6 Å². The van der Waals surface area contributed by atoms with Crippen LogP contribution in [0.2, 0.25) is 0 Å². The zero-order valence-electron chi connectivity index (χ0n) is 7.66. The molecular weight excluding hydrogens is 199 g/mol. The van der Waals surface area contributed by atoms with Crippen LogP contribution in [0.3, 0.4) is 0 Å². The number of rotatable bonds is 4. The van der Waals surface area contributed by atoms with Crippen LogP contribution >= 0.6 is 11.8 Å². The van der Waals surface area contributed by atoms with Gasteiger partial charge in [0.1, 0.15) is 11.9 Å². The first-order chi connectivity index (χ1) is 6.79. The average molecular weight is 210 g/mol. The van der Waals surface area contributed by atoms with Crippen LogP contribution in [-0.2, 0) is 5.75 Å². The van der Waals surface area contributed by atoms with Crippen LogP contribution in [0, 0.1) is 17.1 Å². The Balaban J connectivity index is 2.73. The van der Waals surface area contributed by atoms with Gasteiger partial charge in [-0.1, -0.05) is 12.1 Å².